The van der Waals surface area contributed by atoms with E-state index in [1.165, 1.54) is 5.56 Å². The number of rotatable bonds is 5. The summed E-state index contributed by atoms with van der Waals surface area (Å²) in [5, 5.41) is 0.988. The molecule has 4 nitrogen and oxygen atoms in total. The van der Waals surface area contributed by atoms with Crippen molar-refractivity contribution in [2.45, 2.75) is 32.9 Å². The fourth-order valence-corrected chi connectivity index (χ4v) is 2.75. The number of benzene rings is 2. The Morgan fingerprint density at radius 2 is 1.76 bits per heavy atom. The van der Waals surface area contributed by atoms with Gasteiger partial charge in [-0.2, -0.15) is 0 Å². The van der Waals surface area contributed by atoms with Crippen LogP contribution >= 0.6 is 0 Å². The van der Waals surface area contributed by atoms with E-state index >= 15 is 0 Å². The van der Waals surface area contributed by atoms with Crippen LogP contribution in [0.5, 0.6) is 5.75 Å². The molecule has 0 fully saturated rings. The molecule has 0 spiro atoms. The second kappa shape index (κ2) is 7.01. The smallest absolute Gasteiger partial charge is 0.344 e. The van der Waals surface area contributed by atoms with Crippen LogP contribution < -0.4 is 4.74 Å². The highest BCUT2D eigenvalue weighted by molar-refractivity contribution is 5.87. The molecule has 1 aromatic heterocycles. The minimum absolute atomic E-state index is 0.0970. The van der Waals surface area contributed by atoms with E-state index in [1.54, 1.807) is 0 Å². The van der Waals surface area contributed by atoms with Gasteiger partial charge >= 0.3 is 5.97 Å². The lowest BCUT2D eigenvalue weighted by molar-refractivity contribution is -0.157. The molecule has 130 valence electrons. The van der Waals surface area contributed by atoms with Gasteiger partial charge in [-0.15, -0.1) is 0 Å². The molecular formula is C21H23NO3. The predicted octanol–water partition coefficient (Wildman–Crippen LogP) is 4.41. The first kappa shape index (κ1) is 17.1. The lowest BCUT2D eigenvalue weighted by Crippen LogP contribution is -2.27. The van der Waals surface area contributed by atoms with E-state index in [0.29, 0.717) is 5.75 Å². The molecule has 0 radical (unpaired) electrons. The molecule has 0 amide bonds. The number of ether oxygens (including phenoxy) is 2. The maximum Gasteiger partial charge on any atom is 0.344 e. The van der Waals surface area contributed by atoms with Crippen LogP contribution in [0.4, 0.5) is 0 Å². The van der Waals surface area contributed by atoms with Gasteiger partial charge in [0.2, 0.25) is 0 Å². The van der Waals surface area contributed by atoms with Crippen molar-refractivity contribution >= 4 is 16.9 Å². The molecule has 1 heterocycles. The number of carbonyl (C=O) groups is 1. The number of carbonyl (C=O) groups excluding carboxylic acids is 1. The van der Waals surface area contributed by atoms with E-state index in [1.807, 2.05) is 63.4 Å². The molecule has 0 unspecified atom stereocenters. The van der Waals surface area contributed by atoms with Crippen LogP contribution in [0.3, 0.4) is 0 Å². The first-order chi connectivity index (χ1) is 11.9. The van der Waals surface area contributed by atoms with Crippen molar-refractivity contribution < 1.29 is 14.3 Å². The Bertz CT molecular complexity index is 860. The summed E-state index contributed by atoms with van der Waals surface area (Å²) in [6.07, 6.45) is 2.04. The average Bonchev–Trinajstić information content (AvgIpc) is 2.96. The van der Waals surface area contributed by atoms with Crippen molar-refractivity contribution in [3.8, 4) is 5.75 Å². The maximum atomic E-state index is 11.9. The predicted molar refractivity (Wildman–Crippen MR) is 98.8 cm³/mol. The number of esters is 1. The fraction of sp³-hybridized carbons (Fsp3) is 0.286. The Labute approximate surface area is 148 Å². The molecule has 0 aliphatic heterocycles. The van der Waals surface area contributed by atoms with Gasteiger partial charge in [0, 0.05) is 18.1 Å². The Morgan fingerprint density at radius 1 is 1.00 bits per heavy atom. The third kappa shape index (κ3) is 4.41. The van der Waals surface area contributed by atoms with Gasteiger partial charge in [0.15, 0.2) is 6.61 Å². The Hall–Kier alpha value is -2.75. The quantitative estimate of drug-likeness (QED) is 0.648. The molecule has 3 rings (SSSR count). The Kier molecular flexibility index (Phi) is 4.79. The van der Waals surface area contributed by atoms with Gasteiger partial charge in [0.05, 0.1) is 5.52 Å². The van der Waals surface area contributed by atoms with Crippen LogP contribution in [0.15, 0.2) is 60.8 Å². The topological polar surface area (TPSA) is 40.5 Å². The molecule has 0 aliphatic rings. The molecule has 25 heavy (non-hydrogen) atoms. The van der Waals surface area contributed by atoms with Crippen molar-refractivity contribution in [3.05, 3.63) is 66.4 Å². The van der Waals surface area contributed by atoms with Crippen molar-refractivity contribution in [1.29, 1.82) is 0 Å². The summed E-state index contributed by atoms with van der Waals surface area (Å²) in [5.74, 6) is 0.323. The molecular weight excluding hydrogens is 314 g/mol. The van der Waals surface area contributed by atoms with Crippen molar-refractivity contribution in [1.82, 2.24) is 4.57 Å². The van der Waals surface area contributed by atoms with E-state index < -0.39 is 5.60 Å². The monoisotopic (exact) mass is 337 g/mol. The average molecular weight is 337 g/mol. The third-order valence-corrected chi connectivity index (χ3v) is 3.73. The maximum absolute atomic E-state index is 11.9. The van der Waals surface area contributed by atoms with E-state index in [-0.39, 0.29) is 12.6 Å². The van der Waals surface area contributed by atoms with Crippen LogP contribution in [-0.2, 0) is 16.1 Å². The first-order valence-electron chi connectivity index (χ1n) is 8.39. The van der Waals surface area contributed by atoms with Gasteiger partial charge in [0.1, 0.15) is 11.4 Å². The van der Waals surface area contributed by atoms with Crippen LogP contribution in [0.25, 0.3) is 10.9 Å². The normalized spacial score (nSPS) is 11.5. The summed E-state index contributed by atoms with van der Waals surface area (Å²) in [5.41, 5.74) is 1.80. The Morgan fingerprint density at radius 3 is 2.48 bits per heavy atom. The summed E-state index contributed by atoms with van der Waals surface area (Å²) >= 11 is 0. The van der Waals surface area contributed by atoms with Crippen LogP contribution in [0.1, 0.15) is 26.3 Å². The molecule has 0 aliphatic carbocycles. The van der Waals surface area contributed by atoms with Crippen molar-refractivity contribution in [3.63, 3.8) is 0 Å². The lowest BCUT2D eigenvalue weighted by atomic mass is 10.2. The standard InChI is InChI=1S/C21H23NO3/c1-21(2,3)25-20(23)15-24-19-11-7-10-18-17(19)12-13-22(18)14-16-8-5-4-6-9-16/h4-13H,14-15H2,1-3H3. The van der Waals surface area contributed by atoms with Gasteiger partial charge in [-0.1, -0.05) is 36.4 Å². The molecule has 0 N–H and O–H groups in total. The number of hydrogen-bond acceptors (Lipinski definition) is 3. The molecule has 0 saturated carbocycles. The highest BCUT2D eigenvalue weighted by Crippen LogP contribution is 2.27. The molecule has 4 heteroatoms. The number of hydrogen-bond donors (Lipinski definition) is 0. The summed E-state index contributed by atoms with van der Waals surface area (Å²) in [7, 11) is 0. The van der Waals surface area contributed by atoms with E-state index in [9.17, 15) is 4.79 Å². The molecule has 3 aromatic rings. The zero-order valence-corrected chi connectivity index (χ0v) is 14.9. The number of nitrogens with zero attached hydrogens (tertiary/aromatic N) is 1. The SMILES string of the molecule is CC(C)(C)OC(=O)COc1cccc2c1ccn2Cc1ccccc1. The molecule has 0 bridgehead atoms. The van der Waals surface area contributed by atoms with Crippen LogP contribution in [0, 0.1) is 0 Å². The minimum Gasteiger partial charge on any atom is -0.481 e. The summed E-state index contributed by atoms with van der Waals surface area (Å²) < 4.78 is 13.2. The highest BCUT2D eigenvalue weighted by atomic mass is 16.6. The first-order valence-corrected chi connectivity index (χ1v) is 8.39. The summed E-state index contributed by atoms with van der Waals surface area (Å²) in [6, 6.07) is 18.2. The minimum atomic E-state index is -0.508. The zero-order chi connectivity index (χ0) is 17.9. The van der Waals surface area contributed by atoms with Gasteiger partial charge in [0.25, 0.3) is 0 Å². The second-order valence-electron chi connectivity index (χ2n) is 6.99. The summed E-state index contributed by atoms with van der Waals surface area (Å²) in [6.45, 7) is 6.22. The number of fused-ring (bicyclic) bond motifs is 1. The van der Waals surface area contributed by atoms with Gasteiger partial charge < -0.3 is 14.0 Å². The van der Waals surface area contributed by atoms with Crippen molar-refractivity contribution in [2.75, 3.05) is 6.61 Å². The second-order valence-corrected chi connectivity index (χ2v) is 6.99. The van der Waals surface area contributed by atoms with Gasteiger partial charge in [-0.05, 0) is 44.5 Å². The zero-order valence-electron chi connectivity index (χ0n) is 14.9. The van der Waals surface area contributed by atoms with E-state index in [2.05, 4.69) is 22.8 Å². The number of aromatic nitrogens is 1. The summed E-state index contributed by atoms with van der Waals surface area (Å²) in [4.78, 5) is 11.9. The van der Waals surface area contributed by atoms with E-state index in [4.69, 9.17) is 9.47 Å². The van der Waals surface area contributed by atoms with Crippen molar-refractivity contribution in [2.24, 2.45) is 0 Å². The van der Waals surface area contributed by atoms with E-state index in [0.717, 1.165) is 17.4 Å². The van der Waals surface area contributed by atoms with Gasteiger partial charge in [-0.3, -0.25) is 0 Å². The third-order valence-electron chi connectivity index (χ3n) is 3.73. The van der Waals surface area contributed by atoms with Gasteiger partial charge in [-0.25, -0.2) is 4.79 Å². The largest absolute Gasteiger partial charge is 0.481 e. The molecule has 0 atom stereocenters. The lowest BCUT2D eigenvalue weighted by Gasteiger charge is -2.19. The fourth-order valence-electron chi connectivity index (χ4n) is 2.75. The molecule has 2 aromatic carbocycles. The van der Waals surface area contributed by atoms with Crippen LogP contribution in [0.2, 0.25) is 0 Å². The Balaban J connectivity index is 1.76. The van der Waals surface area contributed by atoms with Crippen LogP contribution in [-0.4, -0.2) is 22.7 Å². The highest BCUT2D eigenvalue weighted by Gasteiger charge is 2.17. The molecule has 0 saturated heterocycles.